The Balaban J connectivity index is 2.10. The lowest BCUT2D eigenvalue weighted by atomic mass is 9.96. The van der Waals surface area contributed by atoms with Crippen LogP contribution >= 0.6 is 0 Å². The van der Waals surface area contributed by atoms with Gasteiger partial charge in [0.05, 0.1) is 5.56 Å². The summed E-state index contributed by atoms with van der Waals surface area (Å²) in [5.74, 6) is -0.305. The van der Waals surface area contributed by atoms with Gasteiger partial charge in [-0.2, -0.15) is 13.2 Å². The molecule has 0 heterocycles. The van der Waals surface area contributed by atoms with E-state index in [-0.39, 0.29) is 18.1 Å². The first-order valence-electron chi connectivity index (χ1n) is 7.59. The highest BCUT2D eigenvalue weighted by atomic mass is 19.4. The molecule has 0 aromatic heterocycles. The summed E-state index contributed by atoms with van der Waals surface area (Å²) in [5, 5.41) is 3.03. The number of nitrogens with one attached hydrogen (secondary N) is 1. The Morgan fingerprint density at radius 3 is 2.38 bits per heavy atom. The molecule has 0 aliphatic heterocycles. The first kappa shape index (κ1) is 16.3. The largest absolute Gasteiger partial charge is 0.416 e. The van der Waals surface area contributed by atoms with Crippen LogP contribution in [0.5, 0.6) is 0 Å². The number of benzene rings is 2. The van der Waals surface area contributed by atoms with E-state index in [2.05, 4.69) is 5.32 Å². The number of rotatable bonds is 3. The van der Waals surface area contributed by atoms with E-state index in [1.165, 1.54) is 6.07 Å². The number of carbonyl (C=O) groups is 1. The molecule has 3 rings (SSSR count). The topological polar surface area (TPSA) is 29.1 Å². The minimum Gasteiger partial charge on any atom is -0.390 e. The second-order valence-electron chi connectivity index (χ2n) is 5.71. The van der Waals surface area contributed by atoms with Crippen LogP contribution < -0.4 is 5.32 Å². The summed E-state index contributed by atoms with van der Waals surface area (Å²) >= 11 is 0. The van der Waals surface area contributed by atoms with Crippen molar-refractivity contribution in [1.29, 1.82) is 0 Å². The molecule has 2 aromatic rings. The zero-order valence-corrected chi connectivity index (χ0v) is 13.0. The van der Waals surface area contributed by atoms with Gasteiger partial charge < -0.3 is 5.32 Å². The Morgan fingerprint density at radius 1 is 1.04 bits per heavy atom. The minimum absolute atomic E-state index is 0.146. The molecule has 1 N–H and O–H groups in total. The summed E-state index contributed by atoms with van der Waals surface area (Å²) in [4.78, 5) is 12.5. The summed E-state index contributed by atoms with van der Waals surface area (Å²) in [6.45, 7) is 0. The third kappa shape index (κ3) is 2.94. The summed E-state index contributed by atoms with van der Waals surface area (Å²) in [6.07, 6.45) is -4.18. The van der Waals surface area contributed by atoms with E-state index in [9.17, 15) is 18.0 Å². The molecule has 1 unspecified atom stereocenters. The Hall–Kier alpha value is -2.56. The van der Waals surface area contributed by atoms with Gasteiger partial charge in [0.1, 0.15) is 0 Å². The van der Waals surface area contributed by atoms with Gasteiger partial charge in [0.15, 0.2) is 5.78 Å². The predicted octanol–water partition coefficient (Wildman–Crippen LogP) is 4.39. The van der Waals surface area contributed by atoms with Crippen LogP contribution in [0.15, 0.2) is 60.3 Å². The van der Waals surface area contributed by atoms with Crippen molar-refractivity contribution in [1.82, 2.24) is 5.32 Å². The molecule has 0 saturated heterocycles. The van der Waals surface area contributed by atoms with Crippen LogP contribution in [0.25, 0.3) is 5.57 Å². The van der Waals surface area contributed by atoms with E-state index in [1.807, 2.05) is 30.3 Å². The van der Waals surface area contributed by atoms with Crippen LogP contribution in [0.3, 0.4) is 0 Å². The van der Waals surface area contributed by atoms with E-state index in [4.69, 9.17) is 0 Å². The minimum atomic E-state index is -4.43. The lowest BCUT2D eigenvalue weighted by Crippen LogP contribution is -2.13. The van der Waals surface area contributed by atoms with Gasteiger partial charge in [-0.3, -0.25) is 4.79 Å². The van der Waals surface area contributed by atoms with Gasteiger partial charge in [0, 0.05) is 30.7 Å². The van der Waals surface area contributed by atoms with Crippen molar-refractivity contribution in [3.05, 3.63) is 77.0 Å². The second-order valence-corrected chi connectivity index (χ2v) is 5.71. The summed E-state index contributed by atoms with van der Waals surface area (Å²) in [6, 6.07) is 14.4. The molecule has 1 aliphatic carbocycles. The van der Waals surface area contributed by atoms with Gasteiger partial charge >= 0.3 is 6.18 Å². The van der Waals surface area contributed by atoms with Crippen LogP contribution in [0.2, 0.25) is 0 Å². The molecule has 0 saturated carbocycles. The zero-order chi connectivity index (χ0) is 17.3. The third-order valence-corrected chi connectivity index (χ3v) is 4.24. The molecule has 2 aromatic carbocycles. The van der Waals surface area contributed by atoms with Crippen molar-refractivity contribution < 1.29 is 18.0 Å². The predicted molar refractivity (Wildman–Crippen MR) is 86.2 cm³/mol. The van der Waals surface area contributed by atoms with Crippen molar-refractivity contribution >= 4 is 11.4 Å². The lowest BCUT2D eigenvalue weighted by Gasteiger charge is -2.15. The molecule has 5 heteroatoms. The number of hydrogen-bond acceptors (Lipinski definition) is 2. The Bertz CT molecular complexity index is 794. The van der Waals surface area contributed by atoms with E-state index in [0.717, 1.165) is 17.7 Å². The molecule has 0 radical (unpaired) electrons. The second kappa shape index (κ2) is 6.15. The molecule has 2 nitrogen and oxygen atoms in total. The van der Waals surface area contributed by atoms with Crippen LogP contribution in [0, 0.1) is 0 Å². The third-order valence-electron chi connectivity index (χ3n) is 4.24. The SMILES string of the molecule is CNC1=C(c2cccc(C(F)(F)F)c2)C(=O)CC1c1ccccc1. The summed E-state index contributed by atoms with van der Waals surface area (Å²) in [5.41, 5.74) is 1.54. The molecule has 24 heavy (non-hydrogen) atoms. The molecule has 0 bridgehead atoms. The zero-order valence-electron chi connectivity index (χ0n) is 13.0. The van der Waals surface area contributed by atoms with Crippen molar-refractivity contribution in [3.8, 4) is 0 Å². The Morgan fingerprint density at radius 2 is 1.75 bits per heavy atom. The number of ketones is 1. The maximum atomic E-state index is 13.0. The van der Waals surface area contributed by atoms with Crippen molar-refractivity contribution in [3.63, 3.8) is 0 Å². The van der Waals surface area contributed by atoms with Gasteiger partial charge in [-0.05, 0) is 23.3 Å². The van der Waals surface area contributed by atoms with E-state index < -0.39 is 11.7 Å². The fraction of sp³-hybridized carbons (Fsp3) is 0.211. The molecule has 0 amide bonds. The number of likely N-dealkylation sites (N-methyl/N-ethyl adjacent to an activating group) is 1. The van der Waals surface area contributed by atoms with Crippen molar-refractivity contribution in [2.75, 3.05) is 7.05 Å². The highest BCUT2D eigenvalue weighted by molar-refractivity contribution is 6.24. The molecule has 0 fully saturated rings. The smallest absolute Gasteiger partial charge is 0.390 e. The monoisotopic (exact) mass is 331 g/mol. The average molecular weight is 331 g/mol. The highest BCUT2D eigenvalue weighted by Crippen LogP contribution is 2.41. The molecule has 1 aliphatic rings. The fourth-order valence-electron chi connectivity index (χ4n) is 3.15. The van der Waals surface area contributed by atoms with Crippen molar-refractivity contribution in [2.24, 2.45) is 0 Å². The van der Waals surface area contributed by atoms with Gasteiger partial charge in [-0.15, -0.1) is 0 Å². The Labute approximate surface area is 138 Å². The van der Waals surface area contributed by atoms with Gasteiger partial charge in [0.25, 0.3) is 0 Å². The number of Topliss-reactive ketones (excluding diaryl/α,β-unsaturated/α-hetero) is 1. The summed E-state index contributed by atoms with van der Waals surface area (Å²) in [7, 11) is 1.69. The number of carbonyl (C=O) groups excluding carboxylic acids is 1. The van der Waals surface area contributed by atoms with Gasteiger partial charge in [-0.25, -0.2) is 0 Å². The maximum absolute atomic E-state index is 13.0. The van der Waals surface area contributed by atoms with Crippen LogP contribution in [0.4, 0.5) is 13.2 Å². The van der Waals surface area contributed by atoms with E-state index >= 15 is 0 Å². The lowest BCUT2D eigenvalue weighted by molar-refractivity contribution is -0.137. The van der Waals surface area contributed by atoms with Crippen LogP contribution in [0.1, 0.15) is 29.0 Å². The first-order valence-corrected chi connectivity index (χ1v) is 7.59. The highest BCUT2D eigenvalue weighted by Gasteiger charge is 2.35. The first-order chi connectivity index (χ1) is 11.4. The van der Waals surface area contributed by atoms with Crippen molar-refractivity contribution in [2.45, 2.75) is 18.5 Å². The van der Waals surface area contributed by atoms with Gasteiger partial charge in [-0.1, -0.05) is 42.5 Å². The standard InChI is InChI=1S/C19H16F3NO/c1-23-18-15(12-6-3-2-4-7-12)11-16(24)17(18)13-8-5-9-14(10-13)19(20,21)22/h2-10,15,23H,11H2,1H3. The average Bonchev–Trinajstić information content (AvgIpc) is 2.91. The van der Waals surface area contributed by atoms with Crippen LogP contribution in [-0.2, 0) is 11.0 Å². The Kier molecular flexibility index (Phi) is 4.18. The fourth-order valence-corrected chi connectivity index (χ4v) is 3.15. The molecule has 0 spiro atoms. The number of hydrogen-bond donors (Lipinski definition) is 1. The normalized spacial score (nSPS) is 18.2. The maximum Gasteiger partial charge on any atom is 0.416 e. The number of halogens is 3. The quantitative estimate of drug-likeness (QED) is 0.904. The molecule has 1 atom stereocenters. The van der Waals surface area contributed by atoms with Gasteiger partial charge in [0.2, 0.25) is 0 Å². The molecular weight excluding hydrogens is 315 g/mol. The molecule has 124 valence electrons. The summed E-state index contributed by atoms with van der Waals surface area (Å²) < 4.78 is 38.9. The van der Waals surface area contributed by atoms with E-state index in [1.54, 1.807) is 13.1 Å². The number of alkyl halides is 3. The number of allylic oxidation sites excluding steroid dienone is 2. The molecular formula is C19H16F3NO. The van der Waals surface area contributed by atoms with Crippen LogP contribution in [-0.4, -0.2) is 12.8 Å². The van der Waals surface area contributed by atoms with E-state index in [0.29, 0.717) is 16.8 Å².